The van der Waals surface area contributed by atoms with Gasteiger partial charge >= 0.3 is 0 Å². The van der Waals surface area contributed by atoms with Gasteiger partial charge in [0.15, 0.2) is 0 Å². The van der Waals surface area contributed by atoms with Gasteiger partial charge in [-0.3, -0.25) is 0 Å². The molecule has 0 amide bonds. The maximum atomic E-state index is 3.22. The quantitative estimate of drug-likeness (QED) is 0.443. The van der Waals surface area contributed by atoms with E-state index in [-0.39, 0.29) is 20.4 Å². The fourth-order valence-corrected chi connectivity index (χ4v) is 0.679. The predicted octanol–water partition coefficient (Wildman–Crippen LogP) is 0.427. The Kier molecular flexibility index (Phi) is 6.31. The zero-order valence-corrected chi connectivity index (χ0v) is 14.3. The van der Waals surface area contributed by atoms with Crippen LogP contribution in [0.3, 0.4) is 0 Å². The Morgan fingerprint density at radius 3 is 2.38 bits per heavy atom. The third-order valence-corrected chi connectivity index (χ3v) is 1.13. The van der Waals surface area contributed by atoms with Crippen LogP contribution in [0, 0.1) is 12.3 Å². The van der Waals surface area contributed by atoms with Crippen molar-refractivity contribution < 1.29 is 20.4 Å². The van der Waals surface area contributed by atoms with E-state index < -0.39 is 0 Å². The van der Waals surface area contributed by atoms with E-state index >= 15 is 0 Å². The van der Waals surface area contributed by atoms with Crippen LogP contribution in [0.4, 0.5) is 0 Å². The summed E-state index contributed by atoms with van der Waals surface area (Å²) in [5, 5.41) is 3.22. The summed E-state index contributed by atoms with van der Waals surface area (Å²) in [7, 11) is 0. The predicted molar refractivity (Wildman–Crippen MR) is 26.3 cm³/mol. The van der Waals surface area contributed by atoms with E-state index in [1.807, 2.05) is 0 Å². The first-order chi connectivity index (χ1) is 2.89. The second-order valence-corrected chi connectivity index (χ2v) is 1.87. The van der Waals surface area contributed by atoms with Gasteiger partial charge in [-0.1, -0.05) is 6.92 Å². The van der Waals surface area contributed by atoms with Crippen LogP contribution >= 0.6 is 0 Å². The van der Waals surface area contributed by atoms with Crippen LogP contribution in [-0.4, -0.2) is 13.1 Å². The molecule has 0 aromatic carbocycles. The molecule has 1 heterocycles. The Hall–Kier alpha value is -0.378. The third kappa shape index (κ3) is 2.74. The van der Waals surface area contributed by atoms with Gasteiger partial charge in [0.25, 0.3) is 0 Å². The van der Waals surface area contributed by atoms with Crippen molar-refractivity contribution >= 4 is 0 Å². The van der Waals surface area contributed by atoms with Crippen LogP contribution in [0.15, 0.2) is 0 Å². The molecule has 3 heteroatoms. The molecular formula is C5H10NReRf-. The number of hydrogen-bond acceptors (Lipinski definition) is 1. The second-order valence-electron chi connectivity index (χ2n) is 1.87. The van der Waals surface area contributed by atoms with E-state index in [1.165, 1.54) is 6.54 Å². The molecule has 0 saturated carbocycles. The number of nitrogens with one attached hydrogen (secondary N) is 1. The van der Waals surface area contributed by atoms with Crippen LogP contribution < -0.4 is 5.32 Å². The zero-order valence-electron chi connectivity index (χ0n) is 5.15. The Bertz CT molecular complexity index is 45.7. The number of rotatable bonds is 0. The molecule has 1 aliphatic rings. The molecule has 1 radical (unpaired) electrons. The van der Waals surface area contributed by atoms with Gasteiger partial charge in [0, 0.05) is 20.4 Å². The molecule has 0 aromatic rings. The molecular weight excluding hydrogens is 527 g/mol. The standard InChI is InChI=1S/C5H10N.Re.Rf/c1-5-2-3-6-4-5;;/h2,5-6H,3-4H2,1H3;;/q-1;;. The molecule has 0 spiro atoms. The summed E-state index contributed by atoms with van der Waals surface area (Å²) >= 11 is 0. The Balaban J connectivity index is 0. The molecule has 0 bridgehead atoms. The van der Waals surface area contributed by atoms with Gasteiger partial charge in [0.1, 0.15) is 0 Å². The summed E-state index contributed by atoms with van der Waals surface area (Å²) in [6.45, 7) is 4.52. The molecule has 1 atom stereocenters. The van der Waals surface area contributed by atoms with E-state index in [0.717, 1.165) is 12.5 Å². The van der Waals surface area contributed by atoms with Crippen LogP contribution in [0.1, 0.15) is 6.92 Å². The fraction of sp³-hybridized carbons (Fsp3) is 0.800. The van der Waals surface area contributed by atoms with E-state index in [2.05, 4.69) is 18.7 Å². The summed E-state index contributed by atoms with van der Waals surface area (Å²) in [6.07, 6.45) is 2.29. The van der Waals surface area contributed by atoms with Crippen LogP contribution in [-0.2, 0) is 20.4 Å². The topological polar surface area (TPSA) is 12.0 Å². The molecule has 1 unspecified atom stereocenters. The fourth-order valence-electron chi connectivity index (χ4n) is 0.679. The van der Waals surface area contributed by atoms with Gasteiger partial charge in [-0.25, -0.2) is 0 Å². The van der Waals surface area contributed by atoms with E-state index in [0.29, 0.717) is 0 Å². The molecule has 1 fully saturated rings. The van der Waals surface area contributed by atoms with Crippen molar-refractivity contribution in [2.45, 2.75) is 6.92 Å². The van der Waals surface area contributed by atoms with Gasteiger partial charge in [-0.05, 0) is 6.54 Å². The Morgan fingerprint density at radius 1 is 1.62 bits per heavy atom. The maximum absolute atomic E-state index is 3.22. The first kappa shape index (κ1) is 10.6. The molecule has 1 N–H and O–H groups in total. The van der Waals surface area contributed by atoms with Crippen molar-refractivity contribution in [1.82, 2.24) is 5.32 Å². The SMILES string of the molecule is CC1[CH-]CNC1.[Re].[Rf]. The molecule has 1 nitrogen and oxygen atoms in total. The molecule has 1 rings (SSSR count). The smallest absolute Gasteiger partial charge is 0 e. The normalized spacial score (nSPS) is 25.9. The van der Waals surface area contributed by atoms with Gasteiger partial charge in [0.05, 0.1) is 0 Å². The van der Waals surface area contributed by atoms with Gasteiger partial charge < -0.3 is 11.7 Å². The second kappa shape index (κ2) is 4.77. The molecule has 1 saturated heterocycles. The van der Waals surface area contributed by atoms with Crippen molar-refractivity contribution in [3.63, 3.8) is 0 Å². The maximum Gasteiger partial charge on any atom is 0 e. The molecule has 0 aromatic heterocycles. The number of hydrogen-bond donors (Lipinski definition) is 1. The van der Waals surface area contributed by atoms with Crippen molar-refractivity contribution in [2.24, 2.45) is 5.92 Å². The summed E-state index contributed by atoms with van der Waals surface area (Å²) in [5.74, 6) is 0.810. The van der Waals surface area contributed by atoms with Crippen LogP contribution in [0.25, 0.3) is 0 Å². The monoisotopic (exact) mass is 538 g/mol. The Labute approximate surface area is 58.5 Å². The van der Waals surface area contributed by atoms with Crippen LogP contribution in [0.5, 0.6) is 0 Å². The molecule has 1 aliphatic heterocycles. The third-order valence-electron chi connectivity index (χ3n) is 1.13. The average Bonchev–Trinajstić information content (AvgIpc) is 1.86. The van der Waals surface area contributed by atoms with E-state index in [9.17, 15) is 0 Å². The Morgan fingerprint density at radius 2 is 2.25 bits per heavy atom. The molecule has 8 heavy (non-hydrogen) atoms. The van der Waals surface area contributed by atoms with Gasteiger partial charge in [0.2, 0.25) is 0 Å². The average molecular weight is 537 g/mol. The van der Waals surface area contributed by atoms with Gasteiger partial charge in [-0.15, -0.1) is 6.54 Å². The minimum Gasteiger partial charge on any atom is -0.348 e. The molecule has 0 aliphatic carbocycles. The molecule has 45 valence electrons. The first-order valence-corrected chi connectivity index (χ1v) is 2.43. The zero-order chi connectivity index (χ0) is 4.41. The summed E-state index contributed by atoms with van der Waals surface area (Å²) in [5.41, 5.74) is 0. The summed E-state index contributed by atoms with van der Waals surface area (Å²) in [4.78, 5) is 0. The van der Waals surface area contributed by atoms with Crippen molar-refractivity contribution in [1.29, 1.82) is 0 Å². The first-order valence-electron chi connectivity index (χ1n) is 2.43. The minimum atomic E-state index is 0. The summed E-state index contributed by atoms with van der Waals surface area (Å²) < 4.78 is 0. The van der Waals surface area contributed by atoms with Gasteiger partial charge in [-0.2, -0.15) is 5.92 Å². The largest absolute Gasteiger partial charge is 0.348 e. The summed E-state index contributed by atoms with van der Waals surface area (Å²) in [6, 6.07) is 0. The van der Waals surface area contributed by atoms with Crippen molar-refractivity contribution in [2.75, 3.05) is 13.1 Å². The minimum absolute atomic E-state index is 0. The van der Waals surface area contributed by atoms with Crippen molar-refractivity contribution in [3.8, 4) is 0 Å². The van der Waals surface area contributed by atoms with Crippen molar-refractivity contribution in [3.05, 3.63) is 6.42 Å². The van der Waals surface area contributed by atoms with E-state index in [4.69, 9.17) is 0 Å². The van der Waals surface area contributed by atoms with E-state index in [1.54, 1.807) is 0 Å². The van der Waals surface area contributed by atoms with Crippen LogP contribution in [0.2, 0.25) is 0 Å².